The zero-order valence-corrected chi connectivity index (χ0v) is 14.0. The van der Waals surface area contributed by atoms with Crippen molar-refractivity contribution in [2.45, 2.75) is 25.2 Å². The molecule has 1 fully saturated rings. The van der Waals surface area contributed by atoms with Crippen LogP contribution < -0.4 is 4.74 Å². The summed E-state index contributed by atoms with van der Waals surface area (Å²) in [6, 6.07) is 12.5. The molecule has 0 spiro atoms. The number of amides is 1. The van der Waals surface area contributed by atoms with Crippen molar-refractivity contribution in [3.63, 3.8) is 0 Å². The zero-order valence-electron chi connectivity index (χ0n) is 14.0. The van der Waals surface area contributed by atoms with Gasteiger partial charge in [-0.25, -0.2) is 8.78 Å². The fourth-order valence-corrected chi connectivity index (χ4v) is 3.17. The Hall–Kier alpha value is -2.43. The monoisotopic (exact) mass is 345 g/mol. The van der Waals surface area contributed by atoms with Crippen LogP contribution in [0.4, 0.5) is 8.78 Å². The van der Waals surface area contributed by atoms with Crippen LogP contribution in [0.15, 0.2) is 48.5 Å². The molecule has 1 saturated heterocycles. The number of carbonyl (C=O) groups excluding carboxylic acids is 1. The van der Waals surface area contributed by atoms with E-state index in [1.54, 1.807) is 29.2 Å². The van der Waals surface area contributed by atoms with Crippen LogP contribution in [0.5, 0.6) is 5.75 Å². The number of benzene rings is 2. The molecule has 1 unspecified atom stereocenters. The van der Waals surface area contributed by atoms with Gasteiger partial charge in [0.15, 0.2) is 18.2 Å². The molecule has 1 amide bonds. The Kier molecular flexibility index (Phi) is 5.64. The second-order valence-electron chi connectivity index (χ2n) is 6.30. The fraction of sp³-hybridized carbons (Fsp3) is 0.350. The highest BCUT2D eigenvalue weighted by atomic mass is 19.1. The molecule has 1 heterocycles. The molecule has 25 heavy (non-hydrogen) atoms. The number of nitrogens with zero attached hydrogens (tertiary/aromatic N) is 1. The Morgan fingerprint density at radius 1 is 1.08 bits per heavy atom. The topological polar surface area (TPSA) is 29.5 Å². The summed E-state index contributed by atoms with van der Waals surface area (Å²) < 4.78 is 32.0. The molecule has 0 N–H and O–H groups in total. The molecular weight excluding hydrogens is 324 g/mol. The number of halogens is 2. The van der Waals surface area contributed by atoms with E-state index in [0.717, 1.165) is 24.8 Å². The lowest BCUT2D eigenvalue weighted by Crippen LogP contribution is -2.37. The number of para-hydroxylation sites is 1. The van der Waals surface area contributed by atoms with E-state index in [4.69, 9.17) is 4.74 Å². The van der Waals surface area contributed by atoms with Gasteiger partial charge in [-0.05, 0) is 42.7 Å². The van der Waals surface area contributed by atoms with Crippen LogP contribution in [0.2, 0.25) is 0 Å². The molecule has 1 aliphatic heterocycles. The molecule has 0 aromatic heterocycles. The minimum absolute atomic E-state index is 0.0840. The first-order chi connectivity index (χ1) is 12.1. The van der Waals surface area contributed by atoms with E-state index in [-0.39, 0.29) is 30.0 Å². The number of hydrogen-bond acceptors (Lipinski definition) is 2. The van der Waals surface area contributed by atoms with Crippen LogP contribution in [0.1, 0.15) is 30.7 Å². The third-order valence-electron chi connectivity index (χ3n) is 4.55. The summed E-state index contributed by atoms with van der Waals surface area (Å²) in [5.41, 5.74) is 1.04. The average molecular weight is 345 g/mol. The summed E-state index contributed by atoms with van der Waals surface area (Å²) in [6.07, 6.45) is 2.90. The quantitative estimate of drug-likeness (QED) is 0.833. The second-order valence-corrected chi connectivity index (χ2v) is 6.30. The van der Waals surface area contributed by atoms with E-state index < -0.39 is 5.82 Å². The van der Waals surface area contributed by atoms with Gasteiger partial charge in [-0.1, -0.05) is 30.7 Å². The number of ether oxygens (including phenoxy) is 1. The molecule has 5 heteroatoms. The molecule has 1 atom stereocenters. The van der Waals surface area contributed by atoms with Crippen LogP contribution in [-0.2, 0) is 4.79 Å². The molecule has 2 aromatic carbocycles. The van der Waals surface area contributed by atoms with Crippen LogP contribution in [0.25, 0.3) is 0 Å². The average Bonchev–Trinajstić information content (AvgIpc) is 2.88. The molecular formula is C20H21F2NO2. The lowest BCUT2D eigenvalue weighted by atomic mass is 9.94. The smallest absolute Gasteiger partial charge is 0.260 e. The van der Waals surface area contributed by atoms with Crippen molar-refractivity contribution >= 4 is 5.91 Å². The van der Waals surface area contributed by atoms with Gasteiger partial charge in [0.25, 0.3) is 5.91 Å². The predicted octanol–water partition coefficient (Wildman–Crippen LogP) is 4.14. The van der Waals surface area contributed by atoms with Crippen LogP contribution in [0, 0.1) is 11.6 Å². The van der Waals surface area contributed by atoms with E-state index in [0.29, 0.717) is 13.1 Å². The summed E-state index contributed by atoms with van der Waals surface area (Å²) in [4.78, 5) is 14.3. The van der Waals surface area contributed by atoms with Crippen molar-refractivity contribution in [3.05, 3.63) is 65.7 Å². The van der Waals surface area contributed by atoms with Gasteiger partial charge in [-0.2, -0.15) is 0 Å². The van der Waals surface area contributed by atoms with Crippen molar-refractivity contribution in [2.24, 2.45) is 0 Å². The van der Waals surface area contributed by atoms with E-state index >= 15 is 0 Å². The van der Waals surface area contributed by atoms with Gasteiger partial charge in [-0.15, -0.1) is 0 Å². The Morgan fingerprint density at radius 2 is 1.84 bits per heavy atom. The summed E-state index contributed by atoms with van der Waals surface area (Å²) in [6.45, 7) is 1.05. The first-order valence-electron chi connectivity index (χ1n) is 8.54. The Labute approximate surface area is 146 Å². The van der Waals surface area contributed by atoms with Crippen LogP contribution in [0.3, 0.4) is 0 Å². The number of rotatable bonds is 4. The van der Waals surface area contributed by atoms with Gasteiger partial charge in [-0.3, -0.25) is 4.79 Å². The van der Waals surface area contributed by atoms with Gasteiger partial charge in [0.1, 0.15) is 5.82 Å². The minimum Gasteiger partial charge on any atom is -0.481 e. The van der Waals surface area contributed by atoms with Crippen molar-refractivity contribution in [2.75, 3.05) is 19.7 Å². The Balaban J connectivity index is 1.63. The Morgan fingerprint density at radius 3 is 2.60 bits per heavy atom. The summed E-state index contributed by atoms with van der Waals surface area (Å²) in [5, 5.41) is 0. The van der Waals surface area contributed by atoms with Crippen molar-refractivity contribution in [1.82, 2.24) is 4.90 Å². The molecule has 132 valence electrons. The van der Waals surface area contributed by atoms with Gasteiger partial charge in [0.2, 0.25) is 0 Å². The molecule has 3 nitrogen and oxygen atoms in total. The summed E-state index contributed by atoms with van der Waals surface area (Å²) >= 11 is 0. The maximum atomic E-state index is 13.6. The van der Waals surface area contributed by atoms with E-state index in [1.165, 1.54) is 24.3 Å². The number of likely N-dealkylation sites (tertiary alicyclic amines) is 1. The SMILES string of the molecule is O=C(COc1ccccc1F)N1CCCCC(c2ccc(F)cc2)C1. The van der Waals surface area contributed by atoms with Gasteiger partial charge in [0, 0.05) is 19.0 Å². The molecule has 1 aliphatic rings. The number of carbonyl (C=O) groups is 1. The highest BCUT2D eigenvalue weighted by Crippen LogP contribution is 2.27. The molecule has 2 aromatic rings. The van der Waals surface area contributed by atoms with Crippen molar-refractivity contribution in [3.8, 4) is 5.75 Å². The second kappa shape index (κ2) is 8.10. The highest BCUT2D eigenvalue weighted by Gasteiger charge is 2.23. The molecule has 0 bridgehead atoms. The van der Waals surface area contributed by atoms with Gasteiger partial charge in [0.05, 0.1) is 0 Å². The van der Waals surface area contributed by atoms with Crippen molar-refractivity contribution < 1.29 is 18.3 Å². The molecule has 0 saturated carbocycles. The zero-order chi connectivity index (χ0) is 17.6. The Bertz CT molecular complexity index is 718. The summed E-state index contributed by atoms with van der Waals surface area (Å²) in [7, 11) is 0. The first-order valence-corrected chi connectivity index (χ1v) is 8.54. The molecule has 0 aliphatic carbocycles. The summed E-state index contributed by atoms with van der Waals surface area (Å²) in [5.74, 6) is -0.627. The third kappa shape index (κ3) is 4.56. The minimum atomic E-state index is -0.477. The van der Waals surface area contributed by atoms with E-state index in [9.17, 15) is 13.6 Å². The predicted molar refractivity (Wildman–Crippen MR) is 91.5 cm³/mol. The number of hydrogen-bond donors (Lipinski definition) is 0. The van der Waals surface area contributed by atoms with E-state index in [2.05, 4.69) is 0 Å². The standard InChI is InChI=1S/C20H21F2NO2/c21-17-10-8-15(9-11-17)16-5-3-4-12-23(13-16)20(24)14-25-19-7-2-1-6-18(19)22/h1-2,6-11,16H,3-5,12-14H2. The maximum absolute atomic E-state index is 13.6. The third-order valence-corrected chi connectivity index (χ3v) is 4.55. The maximum Gasteiger partial charge on any atom is 0.260 e. The molecule has 0 radical (unpaired) electrons. The van der Waals surface area contributed by atoms with E-state index in [1.807, 2.05) is 0 Å². The first kappa shape index (κ1) is 17.4. The highest BCUT2D eigenvalue weighted by molar-refractivity contribution is 5.77. The van der Waals surface area contributed by atoms with Gasteiger partial charge >= 0.3 is 0 Å². The van der Waals surface area contributed by atoms with Crippen LogP contribution in [-0.4, -0.2) is 30.5 Å². The van der Waals surface area contributed by atoms with Crippen LogP contribution >= 0.6 is 0 Å². The van der Waals surface area contributed by atoms with Crippen molar-refractivity contribution in [1.29, 1.82) is 0 Å². The lowest BCUT2D eigenvalue weighted by molar-refractivity contribution is -0.133. The fourth-order valence-electron chi connectivity index (χ4n) is 3.17. The molecule has 3 rings (SSSR count). The van der Waals surface area contributed by atoms with Gasteiger partial charge < -0.3 is 9.64 Å². The normalized spacial score (nSPS) is 17.8. The lowest BCUT2D eigenvalue weighted by Gasteiger charge is -2.25. The largest absolute Gasteiger partial charge is 0.481 e.